The van der Waals surface area contributed by atoms with Gasteiger partial charge in [-0.15, -0.1) is 4.40 Å². The molecule has 1 heterocycles. The topological polar surface area (TPSA) is 84.5 Å². The minimum atomic E-state index is -3.75. The number of sulfonamides is 1. The highest BCUT2D eigenvalue weighted by Gasteiger charge is 2.28. The normalized spacial score (nSPS) is 16.9. The van der Waals surface area contributed by atoms with Crippen molar-refractivity contribution in [3.8, 4) is 0 Å². The fourth-order valence-electron chi connectivity index (χ4n) is 2.96. The zero-order valence-electron chi connectivity index (χ0n) is 13.3. The number of guanidine groups is 1. The Morgan fingerprint density at radius 3 is 2.39 bits per heavy atom. The first-order chi connectivity index (χ1) is 10.8. The van der Waals surface area contributed by atoms with E-state index in [4.69, 9.17) is 5.73 Å². The minimum Gasteiger partial charge on any atom is -0.369 e. The smallest absolute Gasteiger partial charge is 0.287 e. The van der Waals surface area contributed by atoms with Crippen molar-refractivity contribution in [2.45, 2.75) is 31.6 Å². The SMILES string of the molecule is Cc1ccc([C@H](C)c2c(C)ccc3c2NC(N)=NS3(=O)=O)cc1. The number of hydrogen-bond acceptors (Lipinski definition) is 4. The summed E-state index contributed by atoms with van der Waals surface area (Å²) >= 11 is 0. The summed E-state index contributed by atoms with van der Waals surface area (Å²) < 4.78 is 28.0. The third-order valence-corrected chi connectivity index (χ3v) is 5.52. The largest absolute Gasteiger partial charge is 0.369 e. The summed E-state index contributed by atoms with van der Waals surface area (Å²) in [5, 5.41) is 2.94. The summed E-state index contributed by atoms with van der Waals surface area (Å²) in [6.07, 6.45) is 0. The molecule has 6 heteroatoms. The highest BCUT2D eigenvalue weighted by Crippen LogP contribution is 2.38. The van der Waals surface area contributed by atoms with Gasteiger partial charge < -0.3 is 11.1 Å². The third kappa shape index (κ3) is 2.70. The van der Waals surface area contributed by atoms with Crippen LogP contribution in [0.3, 0.4) is 0 Å². The average molecular weight is 329 g/mol. The molecule has 0 aliphatic carbocycles. The predicted octanol–water partition coefficient (Wildman–Crippen LogP) is 2.88. The lowest BCUT2D eigenvalue weighted by Crippen LogP contribution is -2.30. The Morgan fingerprint density at radius 2 is 1.74 bits per heavy atom. The van der Waals surface area contributed by atoms with Gasteiger partial charge in [-0.3, -0.25) is 0 Å². The third-order valence-electron chi connectivity index (χ3n) is 4.19. The van der Waals surface area contributed by atoms with Gasteiger partial charge in [0.1, 0.15) is 4.90 Å². The Bertz CT molecular complexity index is 900. The zero-order chi connectivity index (χ0) is 16.8. The van der Waals surface area contributed by atoms with Crippen molar-refractivity contribution in [2.75, 3.05) is 5.32 Å². The number of rotatable bonds is 2. The van der Waals surface area contributed by atoms with E-state index in [1.54, 1.807) is 6.07 Å². The lowest BCUT2D eigenvalue weighted by atomic mass is 9.88. The fraction of sp³-hybridized carbons (Fsp3) is 0.235. The molecule has 0 radical (unpaired) electrons. The summed E-state index contributed by atoms with van der Waals surface area (Å²) in [5.41, 5.74) is 10.4. The van der Waals surface area contributed by atoms with Gasteiger partial charge in [-0.2, -0.15) is 8.42 Å². The molecule has 0 bridgehead atoms. The van der Waals surface area contributed by atoms with Gasteiger partial charge in [-0.25, -0.2) is 0 Å². The van der Waals surface area contributed by atoms with Crippen LogP contribution >= 0.6 is 0 Å². The van der Waals surface area contributed by atoms with Gasteiger partial charge in [-0.1, -0.05) is 42.8 Å². The van der Waals surface area contributed by atoms with Crippen molar-refractivity contribution < 1.29 is 8.42 Å². The molecular weight excluding hydrogens is 310 g/mol. The molecule has 1 aliphatic heterocycles. The van der Waals surface area contributed by atoms with E-state index in [0.717, 1.165) is 16.7 Å². The first-order valence-electron chi connectivity index (χ1n) is 7.37. The minimum absolute atomic E-state index is 0.0270. The van der Waals surface area contributed by atoms with Crippen LogP contribution < -0.4 is 11.1 Å². The maximum atomic E-state index is 12.2. The van der Waals surface area contributed by atoms with Crippen molar-refractivity contribution in [1.29, 1.82) is 0 Å². The number of nitrogens with one attached hydrogen (secondary N) is 1. The van der Waals surface area contributed by atoms with E-state index >= 15 is 0 Å². The summed E-state index contributed by atoms with van der Waals surface area (Å²) in [7, 11) is -3.75. The van der Waals surface area contributed by atoms with Crippen LogP contribution in [-0.2, 0) is 10.0 Å². The van der Waals surface area contributed by atoms with Crippen molar-refractivity contribution in [3.63, 3.8) is 0 Å². The molecule has 0 fully saturated rings. The van der Waals surface area contributed by atoms with Crippen molar-refractivity contribution in [3.05, 3.63) is 58.7 Å². The lowest BCUT2D eigenvalue weighted by molar-refractivity contribution is 0.597. The van der Waals surface area contributed by atoms with Gasteiger partial charge >= 0.3 is 0 Å². The molecule has 0 aromatic heterocycles. The first kappa shape index (κ1) is 15.6. The fourth-order valence-corrected chi connectivity index (χ4v) is 4.02. The second-order valence-electron chi connectivity index (χ2n) is 5.88. The van der Waals surface area contributed by atoms with Gasteiger partial charge in [0, 0.05) is 5.92 Å². The van der Waals surface area contributed by atoms with Crippen LogP contribution in [0.1, 0.15) is 35.1 Å². The van der Waals surface area contributed by atoms with Crippen LogP contribution in [0.2, 0.25) is 0 Å². The molecule has 1 atom stereocenters. The molecule has 2 aromatic rings. The van der Waals surface area contributed by atoms with Gasteiger partial charge in [-0.05, 0) is 36.6 Å². The number of nitrogens with zero attached hydrogens (tertiary/aromatic N) is 1. The second-order valence-corrected chi connectivity index (χ2v) is 7.45. The number of benzene rings is 2. The van der Waals surface area contributed by atoms with Gasteiger partial charge in [0.25, 0.3) is 10.0 Å². The molecule has 0 amide bonds. The maximum Gasteiger partial charge on any atom is 0.287 e. The standard InChI is InChI=1S/C17H19N3O2S/c1-10-4-7-13(8-5-10)12(3)15-11(2)6-9-14-16(15)19-17(18)20-23(14,21)22/h4-9,12H,1-3H3,(H3,18,19,20)/t12-/m0/s1. The molecule has 23 heavy (non-hydrogen) atoms. The molecule has 0 saturated heterocycles. The number of anilines is 1. The molecular formula is C17H19N3O2S. The average Bonchev–Trinajstić information content (AvgIpc) is 2.46. The zero-order valence-corrected chi connectivity index (χ0v) is 14.1. The predicted molar refractivity (Wildman–Crippen MR) is 92.3 cm³/mol. The van der Waals surface area contributed by atoms with Crippen LogP contribution in [0, 0.1) is 13.8 Å². The summed E-state index contributed by atoms with van der Waals surface area (Å²) in [6, 6.07) is 11.6. The molecule has 1 aliphatic rings. The summed E-state index contributed by atoms with van der Waals surface area (Å²) in [4.78, 5) is 0.172. The van der Waals surface area contributed by atoms with E-state index in [9.17, 15) is 8.42 Å². The number of hydrogen-bond donors (Lipinski definition) is 2. The Kier molecular flexibility index (Phi) is 3.64. The van der Waals surface area contributed by atoms with E-state index in [1.165, 1.54) is 5.56 Å². The van der Waals surface area contributed by atoms with E-state index in [2.05, 4.69) is 40.9 Å². The highest BCUT2D eigenvalue weighted by molar-refractivity contribution is 7.90. The summed E-state index contributed by atoms with van der Waals surface area (Å²) in [5.74, 6) is -0.0698. The number of nitrogens with two attached hydrogens (primary N) is 1. The molecule has 3 rings (SSSR count). The van der Waals surface area contributed by atoms with Crippen molar-refractivity contribution in [2.24, 2.45) is 10.1 Å². The van der Waals surface area contributed by atoms with Crippen LogP contribution in [0.4, 0.5) is 5.69 Å². The molecule has 3 N–H and O–H groups in total. The van der Waals surface area contributed by atoms with Crippen LogP contribution in [0.25, 0.3) is 0 Å². The van der Waals surface area contributed by atoms with Crippen LogP contribution in [0.15, 0.2) is 45.7 Å². The molecule has 0 saturated carbocycles. The van der Waals surface area contributed by atoms with Crippen molar-refractivity contribution >= 4 is 21.7 Å². The van der Waals surface area contributed by atoms with Crippen LogP contribution in [-0.4, -0.2) is 14.4 Å². The highest BCUT2D eigenvalue weighted by atomic mass is 32.2. The Hall–Kier alpha value is -2.34. The summed E-state index contributed by atoms with van der Waals surface area (Å²) in [6.45, 7) is 6.06. The Morgan fingerprint density at radius 1 is 1.09 bits per heavy atom. The van der Waals surface area contributed by atoms with Crippen LogP contribution in [0.5, 0.6) is 0 Å². The maximum absolute atomic E-state index is 12.2. The first-order valence-corrected chi connectivity index (χ1v) is 8.81. The van der Waals surface area contributed by atoms with E-state index in [-0.39, 0.29) is 16.8 Å². The molecule has 5 nitrogen and oxygen atoms in total. The quantitative estimate of drug-likeness (QED) is 0.887. The molecule has 120 valence electrons. The number of aryl methyl sites for hydroxylation is 2. The Labute approximate surface area is 136 Å². The van der Waals surface area contributed by atoms with Gasteiger partial charge in [0.05, 0.1) is 5.69 Å². The van der Waals surface area contributed by atoms with E-state index < -0.39 is 10.0 Å². The Balaban J connectivity index is 2.20. The van der Waals surface area contributed by atoms with Crippen molar-refractivity contribution in [1.82, 2.24) is 0 Å². The monoisotopic (exact) mass is 329 g/mol. The van der Waals surface area contributed by atoms with E-state index in [0.29, 0.717) is 5.69 Å². The molecule has 0 spiro atoms. The van der Waals surface area contributed by atoms with Gasteiger partial charge in [0.2, 0.25) is 5.96 Å². The van der Waals surface area contributed by atoms with E-state index in [1.807, 2.05) is 19.9 Å². The number of fused-ring (bicyclic) bond motifs is 1. The lowest BCUT2D eigenvalue weighted by Gasteiger charge is -2.24. The molecule has 0 unspecified atom stereocenters. The second kappa shape index (κ2) is 5.38. The molecule has 2 aromatic carbocycles. The van der Waals surface area contributed by atoms with Gasteiger partial charge in [0.15, 0.2) is 0 Å².